The molecule has 2 aromatic rings. The molecular formula is C11H11N3O. The Balaban J connectivity index is 2.39. The number of hydrogen-bond donors (Lipinski definition) is 0. The highest BCUT2D eigenvalue weighted by molar-refractivity contribution is 5.89. The Labute approximate surface area is 87.2 Å². The molecule has 0 bridgehead atoms. The number of carbonyl (C=O) groups excluding carboxylic acids is 1. The lowest BCUT2D eigenvalue weighted by Crippen LogP contribution is -2.10. The zero-order chi connectivity index (χ0) is 10.7. The summed E-state index contributed by atoms with van der Waals surface area (Å²) in [4.78, 5) is 11.7. The Morgan fingerprint density at radius 1 is 1.47 bits per heavy atom. The van der Waals surface area contributed by atoms with Crippen LogP contribution in [0.25, 0.3) is 11.0 Å². The molecule has 0 saturated carbocycles. The topological polar surface area (TPSA) is 47.8 Å². The van der Waals surface area contributed by atoms with Crippen LogP contribution in [0.2, 0.25) is 0 Å². The van der Waals surface area contributed by atoms with Gasteiger partial charge in [-0.2, -0.15) is 4.68 Å². The highest BCUT2D eigenvalue weighted by Crippen LogP contribution is 2.10. The molecule has 1 heterocycles. The second-order valence-electron chi connectivity index (χ2n) is 3.16. The second kappa shape index (κ2) is 4.04. The van der Waals surface area contributed by atoms with Crippen molar-refractivity contribution in [3.63, 3.8) is 0 Å². The van der Waals surface area contributed by atoms with Gasteiger partial charge >= 0.3 is 0 Å². The number of hydrogen-bond acceptors (Lipinski definition) is 3. The van der Waals surface area contributed by atoms with Crippen LogP contribution in [0.1, 0.15) is 18.1 Å². The second-order valence-corrected chi connectivity index (χ2v) is 3.16. The van der Waals surface area contributed by atoms with Crippen molar-refractivity contribution in [2.24, 2.45) is 0 Å². The predicted molar refractivity (Wildman–Crippen MR) is 57.6 cm³/mol. The monoisotopic (exact) mass is 201 g/mol. The van der Waals surface area contributed by atoms with E-state index in [9.17, 15) is 4.79 Å². The van der Waals surface area contributed by atoms with Crippen LogP contribution in [0.15, 0.2) is 36.4 Å². The number of aromatic nitrogens is 3. The van der Waals surface area contributed by atoms with Gasteiger partial charge in [0.25, 0.3) is 5.91 Å². The molecule has 0 atom stereocenters. The van der Waals surface area contributed by atoms with E-state index >= 15 is 0 Å². The van der Waals surface area contributed by atoms with Crippen LogP contribution in [-0.4, -0.2) is 20.9 Å². The summed E-state index contributed by atoms with van der Waals surface area (Å²) < 4.78 is 1.34. The standard InChI is InChI=1S/C11H11N3O/c1-2-3-8-11(15)14-10-7-5-4-6-9(10)12-13-14/h2-7H,8H2,1H3. The Hall–Kier alpha value is -1.97. The Kier molecular flexibility index (Phi) is 2.58. The van der Waals surface area contributed by atoms with Crippen molar-refractivity contribution in [1.29, 1.82) is 0 Å². The molecule has 15 heavy (non-hydrogen) atoms. The molecular weight excluding hydrogens is 190 g/mol. The summed E-state index contributed by atoms with van der Waals surface area (Å²) in [5.74, 6) is -0.0678. The molecule has 0 aliphatic carbocycles. The third-order valence-corrected chi connectivity index (χ3v) is 2.12. The lowest BCUT2D eigenvalue weighted by Gasteiger charge is -1.96. The summed E-state index contributed by atoms with van der Waals surface area (Å²) in [6, 6.07) is 7.41. The minimum Gasteiger partial charge on any atom is -0.272 e. The normalized spacial score (nSPS) is 11.3. The third kappa shape index (κ3) is 1.79. The van der Waals surface area contributed by atoms with E-state index in [-0.39, 0.29) is 5.91 Å². The van der Waals surface area contributed by atoms with Crippen molar-refractivity contribution in [2.45, 2.75) is 13.3 Å². The number of rotatable bonds is 2. The first-order chi connectivity index (χ1) is 7.33. The van der Waals surface area contributed by atoms with E-state index in [1.807, 2.05) is 37.3 Å². The van der Waals surface area contributed by atoms with E-state index in [4.69, 9.17) is 0 Å². The predicted octanol–water partition coefficient (Wildman–Crippen LogP) is 2.04. The van der Waals surface area contributed by atoms with Gasteiger partial charge in [0.15, 0.2) is 0 Å². The first kappa shape index (κ1) is 9.58. The molecule has 0 N–H and O–H groups in total. The van der Waals surface area contributed by atoms with Gasteiger partial charge in [-0.15, -0.1) is 5.10 Å². The van der Waals surface area contributed by atoms with Gasteiger partial charge in [0.05, 0.1) is 5.52 Å². The molecule has 4 nitrogen and oxygen atoms in total. The van der Waals surface area contributed by atoms with Crippen LogP contribution in [0.4, 0.5) is 0 Å². The summed E-state index contributed by atoms with van der Waals surface area (Å²) >= 11 is 0. The van der Waals surface area contributed by atoms with Crippen LogP contribution in [0, 0.1) is 0 Å². The molecule has 0 unspecified atom stereocenters. The zero-order valence-corrected chi connectivity index (χ0v) is 8.42. The van der Waals surface area contributed by atoms with Gasteiger partial charge in [-0.05, 0) is 19.1 Å². The van der Waals surface area contributed by atoms with E-state index in [2.05, 4.69) is 10.3 Å². The first-order valence-corrected chi connectivity index (χ1v) is 4.77. The molecule has 0 radical (unpaired) electrons. The average Bonchev–Trinajstić information content (AvgIpc) is 2.69. The maximum Gasteiger partial charge on any atom is 0.252 e. The fraction of sp³-hybridized carbons (Fsp3) is 0.182. The van der Waals surface area contributed by atoms with Crippen LogP contribution in [-0.2, 0) is 0 Å². The van der Waals surface area contributed by atoms with Crippen LogP contribution in [0.3, 0.4) is 0 Å². The van der Waals surface area contributed by atoms with Crippen molar-refractivity contribution < 1.29 is 4.79 Å². The lowest BCUT2D eigenvalue weighted by atomic mass is 10.3. The van der Waals surface area contributed by atoms with E-state index < -0.39 is 0 Å². The minimum absolute atomic E-state index is 0.0678. The summed E-state index contributed by atoms with van der Waals surface area (Å²) in [5.41, 5.74) is 1.50. The van der Waals surface area contributed by atoms with Crippen molar-refractivity contribution in [2.75, 3.05) is 0 Å². The largest absolute Gasteiger partial charge is 0.272 e. The van der Waals surface area contributed by atoms with Gasteiger partial charge in [-0.25, -0.2) is 0 Å². The quantitative estimate of drug-likeness (QED) is 0.698. The molecule has 0 spiro atoms. The summed E-state index contributed by atoms with van der Waals surface area (Å²) in [6.07, 6.45) is 4.00. The van der Waals surface area contributed by atoms with Crippen molar-refractivity contribution in [3.8, 4) is 0 Å². The van der Waals surface area contributed by atoms with Gasteiger partial charge in [0.1, 0.15) is 5.52 Å². The minimum atomic E-state index is -0.0678. The number of para-hydroxylation sites is 1. The molecule has 0 fully saturated rings. The Morgan fingerprint density at radius 2 is 2.27 bits per heavy atom. The molecule has 0 saturated heterocycles. The van der Waals surface area contributed by atoms with E-state index in [0.717, 1.165) is 11.0 Å². The molecule has 0 amide bonds. The fourth-order valence-corrected chi connectivity index (χ4v) is 1.36. The van der Waals surface area contributed by atoms with Crippen molar-refractivity contribution in [1.82, 2.24) is 15.0 Å². The Morgan fingerprint density at radius 3 is 3.07 bits per heavy atom. The van der Waals surface area contributed by atoms with Crippen LogP contribution in [0.5, 0.6) is 0 Å². The number of carbonyl (C=O) groups is 1. The molecule has 76 valence electrons. The maximum atomic E-state index is 11.7. The van der Waals surface area contributed by atoms with Gasteiger partial charge in [0, 0.05) is 6.42 Å². The third-order valence-electron chi connectivity index (χ3n) is 2.12. The number of allylic oxidation sites excluding steroid dienone is 2. The van der Waals surface area contributed by atoms with E-state index in [1.54, 1.807) is 6.08 Å². The van der Waals surface area contributed by atoms with Crippen LogP contribution < -0.4 is 0 Å². The molecule has 1 aromatic heterocycles. The smallest absolute Gasteiger partial charge is 0.252 e. The summed E-state index contributed by atoms with van der Waals surface area (Å²) in [5, 5.41) is 7.75. The highest BCUT2D eigenvalue weighted by atomic mass is 16.2. The van der Waals surface area contributed by atoms with Crippen molar-refractivity contribution >= 4 is 16.9 Å². The summed E-state index contributed by atoms with van der Waals surface area (Å²) in [7, 11) is 0. The lowest BCUT2D eigenvalue weighted by molar-refractivity contribution is 0.0905. The van der Waals surface area contributed by atoms with Gasteiger partial charge < -0.3 is 0 Å². The summed E-state index contributed by atoms with van der Waals surface area (Å²) in [6.45, 7) is 1.88. The number of benzene rings is 1. The van der Waals surface area contributed by atoms with E-state index in [1.165, 1.54) is 4.68 Å². The number of fused-ring (bicyclic) bond motifs is 1. The number of nitrogens with zero attached hydrogens (tertiary/aromatic N) is 3. The van der Waals surface area contributed by atoms with Gasteiger partial charge in [-0.1, -0.05) is 29.5 Å². The maximum absolute atomic E-state index is 11.7. The molecule has 0 aliphatic heterocycles. The average molecular weight is 201 g/mol. The van der Waals surface area contributed by atoms with Gasteiger partial charge in [-0.3, -0.25) is 4.79 Å². The van der Waals surface area contributed by atoms with E-state index in [0.29, 0.717) is 6.42 Å². The molecule has 2 rings (SSSR count). The highest BCUT2D eigenvalue weighted by Gasteiger charge is 2.09. The molecule has 1 aromatic carbocycles. The molecule has 4 heteroatoms. The fourth-order valence-electron chi connectivity index (χ4n) is 1.36. The SMILES string of the molecule is CC=CCC(=O)n1nnc2ccccc21. The Bertz CT molecular complexity index is 513. The van der Waals surface area contributed by atoms with Gasteiger partial charge in [0.2, 0.25) is 0 Å². The van der Waals surface area contributed by atoms with Crippen molar-refractivity contribution in [3.05, 3.63) is 36.4 Å². The molecule has 0 aliphatic rings. The van der Waals surface area contributed by atoms with Crippen LogP contribution >= 0.6 is 0 Å². The zero-order valence-electron chi connectivity index (χ0n) is 8.42. The first-order valence-electron chi connectivity index (χ1n) is 4.77.